The van der Waals surface area contributed by atoms with Gasteiger partial charge in [-0.15, -0.1) is 4.52 Å². The number of ether oxygens (including phenoxy) is 2. The van der Waals surface area contributed by atoms with E-state index in [0.29, 0.717) is 23.3 Å². The van der Waals surface area contributed by atoms with E-state index in [9.17, 15) is 9.36 Å². The van der Waals surface area contributed by atoms with E-state index in [1.54, 1.807) is 42.7 Å². The number of rotatable bonds is 8. The Morgan fingerprint density at radius 2 is 2.09 bits per heavy atom. The molecule has 0 spiro atoms. The van der Waals surface area contributed by atoms with Gasteiger partial charge in [-0.3, -0.25) is 9.36 Å². The molecule has 3 heterocycles. The second-order valence-corrected chi connectivity index (χ2v) is 8.04. The van der Waals surface area contributed by atoms with E-state index in [1.807, 2.05) is 6.07 Å². The van der Waals surface area contributed by atoms with Crippen molar-refractivity contribution in [3.05, 3.63) is 43.0 Å². The van der Waals surface area contributed by atoms with Crippen LogP contribution >= 0.6 is 8.25 Å². The molecule has 12 heteroatoms. The average Bonchev–Trinajstić information content (AvgIpc) is 3.39. The van der Waals surface area contributed by atoms with Crippen LogP contribution in [0.25, 0.3) is 11.2 Å². The van der Waals surface area contributed by atoms with E-state index in [4.69, 9.17) is 24.3 Å². The summed E-state index contributed by atoms with van der Waals surface area (Å²) >= 11 is 0. The summed E-state index contributed by atoms with van der Waals surface area (Å²) in [6.07, 6.45) is 0.915. The molecule has 0 bridgehead atoms. The van der Waals surface area contributed by atoms with Gasteiger partial charge < -0.3 is 15.2 Å². The summed E-state index contributed by atoms with van der Waals surface area (Å²) in [5, 5.41) is 0. The Morgan fingerprint density at radius 3 is 2.84 bits per heavy atom. The fourth-order valence-corrected chi connectivity index (χ4v) is 4.17. The van der Waals surface area contributed by atoms with Crippen molar-refractivity contribution in [2.75, 3.05) is 5.73 Å². The minimum absolute atomic E-state index is 0.219. The third-order valence-corrected chi connectivity index (χ3v) is 5.89. The molecule has 1 unspecified atom stereocenters. The molecule has 1 fully saturated rings. The molecule has 0 radical (unpaired) electrons. The van der Waals surface area contributed by atoms with Gasteiger partial charge in [-0.05, 0) is 19.1 Å². The Morgan fingerprint density at radius 1 is 1.31 bits per heavy atom. The summed E-state index contributed by atoms with van der Waals surface area (Å²) in [6, 6.07) is 8.73. The fraction of sp³-hybridized carbons (Fsp3) is 0.400. The first-order chi connectivity index (χ1) is 15.5. The van der Waals surface area contributed by atoms with Crippen molar-refractivity contribution in [1.82, 2.24) is 19.5 Å². The molecule has 0 saturated carbocycles. The third kappa shape index (κ3) is 4.69. The number of benzene rings is 1. The van der Waals surface area contributed by atoms with E-state index >= 15 is 0 Å². The molecule has 1 aliphatic rings. The van der Waals surface area contributed by atoms with Crippen LogP contribution in [0, 0.1) is 0 Å². The number of aromatic nitrogens is 4. The second kappa shape index (κ2) is 9.56. The van der Waals surface area contributed by atoms with Gasteiger partial charge in [0.15, 0.2) is 23.4 Å². The Hall–Kier alpha value is -3.14. The van der Waals surface area contributed by atoms with Crippen LogP contribution in [0.4, 0.5) is 5.82 Å². The van der Waals surface area contributed by atoms with Crippen LogP contribution in [0.5, 0.6) is 5.75 Å². The summed E-state index contributed by atoms with van der Waals surface area (Å²) in [5.41, 5.74) is 6.75. The molecule has 32 heavy (non-hydrogen) atoms. The quantitative estimate of drug-likeness (QED) is 0.394. The number of nitrogens with zero attached hydrogens (tertiary/aromatic N) is 4. The molecule has 1 aliphatic heterocycles. The summed E-state index contributed by atoms with van der Waals surface area (Å²) < 4.78 is 36.6. The standard InChI is InChI=1S/C20H23N5O6P/c1-3-16(26)28-15-9-14(12(2)30-32(27)31-13-7-5-4-6-8-13)29-20(15)25-11-24-17-18(21)22-10-23-19(17)25/h4-8,10-12,14-15,20H,3,9H2,1-2H3,(H2,21,22,23)/q+1/t12-,14-,15+,20+/m0/s1. The monoisotopic (exact) mass is 460 g/mol. The third-order valence-electron chi connectivity index (χ3n) is 5.03. The van der Waals surface area contributed by atoms with Crippen LogP contribution in [-0.4, -0.2) is 43.8 Å². The molecule has 4 rings (SSSR count). The molecular formula is C20H23N5O6P+. The summed E-state index contributed by atoms with van der Waals surface area (Å²) in [5.74, 6) is 0.301. The number of imidazole rings is 1. The Bertz CT molecular complexity index is 1110. The normalized spacial score (nSPS) is 21.9. The maximum atomic E-state index is 12.3. The molecular weight excluding hydrogens is 437 g/mol. The van der Waals surface area contributed by atoms with Crippen LogP contribution in [0.2, 0.25) is 0 Å². The van der Waals surface area contributed by atoms with Gasteiger partial charge in [-0.25, -0.2) is 19.5 Å². The van der Waals surface area contributed by atoms with Crippen molar-refractivity contribution in [1.29, 1.82) is 0 Å². The summed E-state index contributed by atoms with van der Waals surface area (Å²) in [7, 11) is -2.43. The number of fused-ring (bicyclic) bond motifs is 1. The number of esters is 1. The van der Waals surface area contributed by atoms with Gasteiger partial charge in [-0.1, -0.05) is 25.1 Å². The van der Waals surface area contributed by atoms with Crippen molar-refractivity contribution in [2.24, 2.45) is 0 Å². The van der Waals surface area contributed by atoms with Gasteiger partial charge in [0.05, 0.1) is 12.4 Å². The van der Waals surface area contributed by atoms with Gasteiger partial charge in [0.2, 0.25) is 0 Å². The molecule has 168 valence electrons. The first-order valence-electron chi connectivity index (χ1n) is 10.1. The number of nitrogens with two attached hydrogens (primary N) is 1. The number of hydrogen-bond donors (Lipinski definition) is 1. The van der Waals surface area contributed by atoms with Gasteiger partial charge in [0, 0.05) is 17.4 Å². The van der Waals surface area contributed by atoms with Crippen molar-refractivity contribution >= 4 is 31.2 Å². The topological polar surface area (TPSA) is 141 Å². The van der Waals surface area contributed by atoms with Crippen molar-refractivity contribution < 1.29 is 27.9 Å². The number of para-hydroxylation sites is 1. The van der Waals surface area contributed by atoms with Gasteiger partial charge in [0.1, 0.15) is 24.1 Å². The van der Waals surface area contributed by atoms with Crippen LogP contribution in [0.3, 0.4) is 0 Å². The van der Waals surface area contributed by atoms with E-state index in [0.717, 1.165) is 0 Å². The smallest absolute Gasteiger partial charge is 0.457 e. The highest BCUT2D eigenvalue weighted by Crippen LogP contribution is 2.38. The van der Waals surface area contributed by atoms with E-state index in [2.05, 4.69) is 15.0 Å². The Kier molecular flexibility index (Phi) is 6.59. The molecule has 3 aromatic rings. The minimum atomic E-state index is -2.43. The highest BCUT2D eigenvalue weighted by molar-refractivity contribution is 7.33. The van der Waals surface area contributed by atoms with Gasteiger partial charge in [0.25, 0.3) is 0 Å². The lowest BCUT2D eigenvalue weighted by Gasteiger charge is -2.20. The fourth-order valence-electron chi connectivity index (χ4n) is 3.42. The predicted molar refractivity (Wildman–Crippen MR) is 114 cm³/mol. The lowest BCUT2D eigenvalue weighted by atomic mass is 10.1. The zero-order valence-electron chi connectivity index (χ0n) is 17.5. The molecule has 11 nitrogen and oxygen atoms in total. The highest BCUT2D eigenvalue weighted by Gasteiger charge is 2.45. The molecule has 0 amide bonds. The molecule has 2 N–H and O–H groups in total. The lowest BCUT2D eigenvalue weighted by molar-refractivity contribution is -0.154. The Labute approximate surface area is 184 Å². The van der Waals surface area contributed by atoms with Crippen molar-refractivity contribution in [3.63, 3.8) is 0 Å². The number of anilines is 1. The molecule has 1 saturated heterocycles. The lowest BCUT2D eigenvalue weighted by Crippen LogP contribution is -2.25. The molecule has 5 atom stereocenters. The maximum Gasteiger partial charge on any atom is 0.750 e. The van der Waals surface area contributed by atoms with E-state index in [1.165, 1.54) is 12.7 Å². The molecule has 2 aromatic heterocycles. The number of carbonyl (C=O) groups excluding carboxylic acids is 1. The van der Waals surface area contributed by atoms with Crippen LogP contribution in [-0.2, 0) is 23.4 Å². The molecule has 1 aromatic carbocycles. The largest absolute Gasteiger partial charge is 0.750 e. The second-order valence-electron chi connectivity index (χ2n) is 7.20. The Balaban J connectivity index is 1.51. The van der Waals surface area contributed by atoms with Crippen LogP contribution in [0.1, 0.15) is 32.9 Å². The van der Waals surface area contributed by atoms with Crippen molar-refractivity contribution in [3.8, 4) is 5.75 Å². The number of hydrogen-bond acceptors (Lipinski definition) is 10. The first kappa shape index (κ1) is 22.1. The highest BCUT2D eigenvalue weighted by atomic mass is 31.1. The number of carbonyl (C=O) groups is 1. The summed E-state index contributed by atoms with van der Waals surface area (Å²) in [4.78, 5) is 24.4. The number of nitrogen functional groups attached to an aromatic ring is 1. The van der Waals surface area contributed by atoms with E-state index in [-0.39, 0.29) is 18.2 Å². The zero-order chi connectivity index (χ0) is 22.7. The van der Waals surface area contributed by atoms with Crippen molar-refractivity contribution in [2.45, 2.75) is 51.2 Å². The SMILES string of the molecule is CCC(=O)O[C@@H]1C[C@@H]([C@H](C)O[P+](=O)Oc2ccccc2)O[C@H]1n1cnc2c(N)ncnc21. The minimum Gasteiger partial charge on any atom is -0.457 e. The maximum absolute atomic E-state index is 12.3. The van der Waals surface area contributed by atoms with Gasteiger partial charge in [-0.2, -0.15) is 0 Å². The average molecular weight is 460 g/mol. The van der Waals surface area contributed by atoms with E-state index < -0.39 is 32.8 Å². The first-order valence-corrected chi connectivity index (χ1v) is 11.2. The van der Waals surface area contributed by atoms with Crippen LogP contribution in [0.15, 0.2) is 43.0 Å². The summed E-state index contributed by atoms with van der Waals surface area (Å²) in [6.45, 7) is 3.43. The predicted octanol–water partition coefficient (Wildman–Crippen LogP) is 3.16. The molecule has 0 aliphatic carbocycles. The van der Waals surface area contributed by atoms with Gasteiger partial charge >= 0.3 is 14.2 Å². The zero-order valence-corrected chi connectivity index (χ0v) is 18.4. The van der Waals surface area contributed by atoms with Crippen LogP contribution < -0.4 is 10.3 Å².